The first-order valence-electron chi connectivity index (χ1n) is 9.74. The molecule has 0 spiro atoms. The van der Waals surface area contributed by atoms with Crippen molar-refractivity contribution in [2.75, 3.05) is 4.90 Å². The highest BCUT2D eigenvalue weighted by Gasteiger charge is 2.35. The van der Waals surface area contributed by atoms with Crippen molar-refractivity contribution in [2.45, 2.75) is 20.3 Å². The van der Waals surface area contributed by atoms with Gasteiger partial charge in [-0.2, -0.15) is 0 Å². The second-order valence-electron chi connectivity index (χ2n) is 7.01. The van der Waals surface area contributed by atoms with Crippen molar-refractivity contribution in [2.24, 2.45) is 0 Å². The molecule has 0 bridgehead atoms. The molecular weight excluding hydrogens is 394 g/mol. The van der Waals surface area contributed by atoms with Gasteiger partial charge < -0.3 is 4.57 Å². The number of nitrogens with zero attached hydrogens (tertiary/aromatic N) is 2. The highest BCUT2D eigenvalue weighted by molar-refractivity contribution is 7.80. The number of thiocarbonyl (C=S) groups is 1. The Morgan fingerprint density at radius 2 is 1.67 bits per heavy atom. The molecule has 1 aromatic heterocycles. The summed E-state index contributed by atoms with van der Waals surface area (Å²) in [7, 11) is 0. The largest absolute Gasteiger partial charge is 0.314 e. The van der Waals surface area contributed by atoms with E-state index in [1.54, 1.807) is 6.08 Å². The molecule has 2 amide bonds. The minimum absolute atomic E-state index is 0.0461. The SMILES string of the molecule is CCc1ccccc1N1C(=O)/C(=C/c2ccc(C)n2-c2ccccc2)C(=O)NC1=S. The number of carbonyl (C=O) groups is 2. The zero-order valence-corrected chi connectivity index (χ0v) is 17.6. The van der Waals surface area contributed by atoms with Crippen molar-refractivity contribution < 1.29 is 9.59 Å². The quantitative estimate of drug-likeness (QED) is 0.395. The number of aromatic nitrogens is 1. The van der Waals surface area contributed by atoms with E-state index in [0.717, 1.165) is 29.1 Å². The Morgan fingerprint density at radius 1 is 0.967 bits per heavy atom. The van der Waals surface area contributed by atoms with Gasteiger partial charge in [0.05, 0.1) is 5.69 Å². The summed E-state index contributed by atoms with van der Waals surface area (Å²) in [6.07, 6.45) is 2.37. The van der Waals surface area contributed by atoms with E-state index in [1.165, 1.54) is 4.90 Å². The summed E-state index contributed by atoms with van der Waals surface area (Å²) in [6, 6.07) is 21.2. The van der Waals surface area contributed by atoms with Crippen LogP contribution in [0.1, 0.15) is 23.9 Å². The molecule has 150 valence electrons. The van der Waals surface area contributed by atoms with Crippen LogP contribution in [0.25, 0.3) is 11.8 Å². The number of rotatable bonds is 4. The number of carbonyl (C=O) groups excluding carboxylic acids is 2. The van der Waals surface area contributed by atoms with Crippen LogP contribution in [-0.4, -0.2) is 21.5 Å². The Hall–Kier alpha value is -3.51. The third kappa shape index (κ3) is 3.46. The first-order valence-corrected chi connectivity index (χ1v) is 10.1. The van der Waals surface area contributed by atoms with Crippen molar-refractivity contribution in [1.82, 2.24) is 9.88 Å². The topological polar surface area (TPSA) is 54.3 Å². The van der Waals surface area contributed by atoms with E-state index >= 15 is 0 Å². The number of benzene rings is 2. The van der Waals surface area contributed by atoms with E-state index in [9.17, 15) is 9.59 Å². The molecular formula is C24H21N3O2S. The lowest BCUT2D eigenvalue weighted by Gasteiger charge is -2.30. The van der Waals surface area contributed by atoms with Crippen LogP contribution in [0.5, 0.6) is 0 Å². The Balaban J connectivity index is 1.80. The molecule has 1 saturated heterocycles. The Labute approximate surface area is 180 Å². The molecule has 3 aromatic rings. The predicted molar refractivity (Wildman–Crippen MR) is 123 cm³/mol. The van der Waals surface area contributed by atoms with Crippen LogP contribution in [0, 0.1) is 6.92 Å². The van der Waals surface area contributed by atoms with E-state index in [4.69, 9.17) is 12.2 Å². The van der Waals surface area contributed by atoms with E-state index in [0.29, 0.717) is 5.69 Å². The third-order valence-corrected chi connectivity index (χ3v) is 5.41. The molecule has 4 rings (SSSR count). The zero-order valence-electron chi connectivity index (χ0n) is 16.8. The van der Waals surface area contributed by atoms with Crippen molar-refractivity contribution in [1.29, 1.82) is 0 Å². The Bertz CT molecular complexity index is 1180. The number of anilines is 1. The fourth-order valence-electron chi connectivity index (χ4n) is 3.65. The van der Waals surface area contributed by atoms with Gasteiger partial charge in [-0.1, -0.05) is 43.3 Å². The first kappa shape index (κ1) is 19.8. The van der Waals surface area contributed by atoms with Gasteiger partial charge in [-0.25, -0.2) is 0 Å². The molecule has 0 unspecified atom stereocenters. The molecule has 0 aliphatic carbocycles. The van der Waals surface area contributed by atoms with E-state index in [1.807, 2.05) is 85.1 Å². The molecule has 30 heavy (non-hydrogen) atoms. The average Bonchev–Trinajstić information content (AvgIpc) is 3.12. The number of aryl methyl sites for hydroxylation is 2. The second-order valence-corrected chi connectivity index (χ2v) is 7.40. The summed E-state index contributed by atoms with van der Waals surface area (Å²) in [5.41, 5.74) is 4.42. The number of para-hydroxylation sites is 2. The summed E-state index contributed by atoms with van der Waals surface area (Å²) in [5, 5.41) is 2.76. The van der Waals surface area contributed by atoms with Gasteiger partial charge in [0, 0.05) is 17.1 Å². The fraction of sp³-hybridized carbons (Fsp3) is 0.125. The van der Waals surface area contributed by atoms with Crippen LogP contribution in [0.15, 0.2) is 72.3 Å². The summed E-state index contributed by atoms with van der Waals surface area (Å²) >= 11 is 5.34. The lowest BCUT2D eigenvalue weighted by Crippen LogP contribution is -2.54. The monoisotopic (exact) mass is 415 g/mol. The zero-order chi connectivity index (χ0) is 21.3. The van der Waals surface area contributed by atoms with Crippen LogP contribution in [0.3, 0.4) is 0 Å². The maximum absolute atomic E-state index is 13.4. The lowest BCUT2D eigenvalue weighted by molar-refractivity contribution is -0.122. The van der Waals surface area contributed by atoms with Gasteiger partial charge in [-0.15, -0.1) is 0 Å². The average molecular weight is 416 g/mol. The van der Waals surface area contributed by atoms with Crippen molar-refractivity contribution in [3.63, 3.8) is 0 Å². The summed E-state index contributed by atoms with van der Waals surface area (Å²) < 4.78 is 2.00. The minimum atomic E-state index is -0.492. The molecule has 0 radical (unpaired) electrons. The van der Waals surface area contributed by atoms with Crippen LogP contribution in [0.4, 0.5) is 5.69 Å². The maximum atomic E-state index is 13.4. The van der Waals surface area contributed by atoms with Gasteiger partial charge in [0.15, 0.2) is 5.11 Å². The third-order valence-electron chi connectivity index (χ3n) is 5.13. The fourth-order valence-corrected chi connectivity index (χ4v) is 3.93. The van der Waals surface area contributed by atoms with Gasteiger partial charge in [-0.3, -0.25) is 19.8 Å². The molecule has 0 saturated carbocycles. The number of hydrogen-bond acceptors (Lipinski definition) is 3. The van der Waals surface area contributed by atoms with Gasteiger partial charge in [0.1, 0.15) is 5.57 Å². The lowest BCUT2D eigenvalue weighted by atomic mass is 10.1. The van der Waals surface area contributed by atoms with Crippen LogP contribution in [0.2, 0.25) is 0 Å². The van der Waals surface area contributed by atoms with Gasteiger partial charge in [0.2, 0.25) is 0 Å². The summed E-state index contributed by atoms with van der Waals surface area (Å²) in [5.74, 6) is -0.920. The first-order chi connectivity index (χ1) is 14.5. The van der Waals surface area contributed by atoms with Crippen molar-refractivity contribution in [3.8, 4) is 5.69 Å². The highest BCUT2D eigenvalue weighted by Crippen LogP contribution is 2.27. The maximum Gasteiger partial charge on any atom is 0.270 e. The van der Waals surface area contributed by atoms with E-state index in [2.05, 4.69) is 5.32 Å². The molecule has 1 aliphatic heterocycles. The van der Waals surface area contributed by atoms with Crippen molar-refractivity contribution in [3.05, 3.63) is 89.3 Å². The summed E-state index contributed by atoms with van der Waals surface area (Å²) in [6.45, 7) is 4.00. The minimum Gasteiger partial charge on any atom is -0.314 e. The number of nitrogens with one attached hydrogen (secondary N) is 1. The number of amides is 2. The van der Waals surface area contributed by atoms with E-state index in [-0.39, 0.29) is 10.7 Å². The molecule has 1 aliphatic rings. The highest BCUT2D eigenvalue weighted by atomic mass is 32.1. The molecule has 6 heteroatoms. The Morgan fingerprint density at radius 3 is 2.40 bits per heavy atom. The molecule has 5 nitrogen and oxygen atoms in total. The van der Waals surface area contributed by atoms with Crippen LogP contribution in [-0.2, 0) is 16.0 Å². The predicted octanol–water partition coefficient (Wildman–Crippen LogP) is 4.18. The molecule has 1 N–H and O–H groups in total. The second kappa shape index (κ2) is 8.08. The van der Waals surface area contributed by atoms with E-state index < -0.39 is 11.8 Å². The van der Waals surface area contributed by atoms with Gasteiger partial charge >= 0.3 is 0 Å². The van der Waals surface area contributed by atoms with Crippen molar-refractivity contribution >= 4 is 40.9 Å². The van der Waals surface area contributed by atoms with Crippen LogP contribution < -0.4 is 10.2 Å². The number of hydrogen-bond donors (Lipinski definition) is 1. The summed E-state index contributed by atoms with van der Waals surface area (Å²) in [4.78, 5) is 27.5. The molecule has 2 aromatic carbocycles. The smallest absolute Gasteiger partial charge is 0.270 e. The molecule has 2 heterocycles. The normalized spacial score (nSPS) is 15.6. The van der Waals surface area contributed by atoms with Gasteiger partial charge in [0.25, 0.3) is 11.8 Å². The molecule has 0 atom stereocenters. The standard InChI is InChI=1S/C24H21N3O2S/c1-3-17-9-7-8-12-21(17)27-23(29)20(22(28)25-24(27)30)15-19-14-13-16(2)26(19)18-10-5-4-6-11-18/h4-15H,3H2,1-2H3,(H,25,28,30)/b20-15+. The Kier molecular flexibility index (Phi) is 5.33. The molecule has 1 fully saturated rings. The van der Waals surface area contributed by atoms with Gasteiger partial charge in [-0.05, 0) is 67.5 Å². The van der Waals surface area contributed by atoms with Crippen LogP contribution >= 0.6 is 12.2 Å².